The van der Waals surface area contributed by atoms with Gasteiger partial charge < -0.3 is 10.3 Å². The summed E-state index contributed by atoms with van der Waals surface area (Å²) in [5.41, 5.74) is 8.09. The van der Waals surface area contributed by atoms with Gasteiger partial charge in [0.15, 0.2) is 0 Å². The van der Waals surface area contributed by atoms with Gasteiger partial charge in [-0.1, -0.05) is 24.6 Å². The maximum Gasteiger partial charge on any atom is 0.0498 e. The van der Waals surface area contributed by atoms with E-state index in [0.717, 1.165) is 18.0 Å². The van der Waals surface area contributed by atoms with Crippen molar-refractivity contribution in [1.82, 2.24) is 4.57 Å². The number of halogens is 1. The van der Waals surface area contributed by atoms with Gasteiger partial charge >= 0.3 is 0 Å². The second kappa shape index (κ2) is 4.25. The standard InChI is InChI=1S/C12H15ClN2/c1-2-5-15-8-9(7-14)11-4-3-10(13)6-12(11)15/h3-4,6,8H,2,5,7,14H2,1H3. The Hall–Kier alpha value is -0.990. The zero-order valence-corrected chi connectivity index (χ0v) is 9.59. The molecule has 0 amide bonds. The first kappa shape index (κ1) is 10.5. The first-order chi connectivity index (χ1) is 7.26. The zero-order chi connectivity index (χ0) is 10.8. The van der Waals surface area contributed by atoms with Crippen molar-refractivity contribution in [3.63, 3.8) is 0 Å². The lowest BCUT2D eigenvalue weighted by atomic mass is 10.2. The lowest BCUT2D eigenvalue weighted by Gasteiger charge is -2.02. The van der Waals surface area contributed by atoms with Crippen LogP contribution < -0.4 is 5.73 Å². The van der Waals surface area contributed by atoms with Gasteiger partial charge in [-0.05, 0) is 24.1 Å². The minimum Gasteiger partial charge on any atom is -0.347 e. The third-order valence-electron chi connectivity index (χ3n) is 2.61. The Kier molecular flexibility index (Phi) is 2.98. The predicted octanol–water partition coefficient (Wildman–Crippen LogP) is 3.16. The van der Waals surface area contributed by atoms with Gasteiger partial charge in [0, 0.05) is 35.2 Å². The number of hydrogen-bond acceptors (Lipinski definition) is 1. The first-order valence-corrected chi connectivity index (χ1v) is 5.61. The number of nitrogens with zero attached hydrogens (tertiary/aromatic N) is 1. The van der Waals surface area contributed by atoms with E-state index in [1.165, 1.54) is 16.5 Å². The number of aryl methyl sites for hydroxylation is 1. The van der Waals surface area contributed by atoms with Gasteiger partial charge in [0.2, 0.25) is 0 Å². The van der Waals surface area contributed by atoms with Crippen molar-refractivity contribution in [2.24, 2.45) is 5.73 Å². The smallest absolute Gasteiger partial charge is 0.0498 e. The van der Waals surface area contributed by atoms with Gasteiger partial charge in [0.25, 0.3) is 0 Å². The van der Waals surface area contributed by atoms with Gasteiger partial charge in [0.05, 0.1) is 0 Å². The van der Waals surface area contributed by atoms with E-state index >= 15 is 0 Å². The fourth-order valence-electron chi connectivity index (χ4n) is 1.93. The van der Waals surface area contributed by atoms with Crippen LogP contribution in [0.1, 0.15) is 18.9 Å². The van der Waals surface area contributed by atoms with Gasteiger partial charge in [-0.15, -0.1) is 0 Å². The van der Waals surface area contributed by atoms with Crippen molar-refractivity contribution in [2.45, 2.75) is 26.4 Å². The van der Waals surface area contributed by atoms with Crippen LogP contribution in [0.4, 0.5) is 0 Å². The van der Waals surface area contributed by atoms with Crippen LogP contribution >= 0.6 is 11.6 Å². The summed E-state index contributed by atoms with van der Waals surface area (Å²) < 4.78 is 2.23. The highest BCUT2D eigenvalue weighted by Gasteiger charge is 2.06. The number of nitrogens with two attached hydrogens (primary N) is 1. The Bertz CT molecular complexity index is 474. The van der Waals surface area contributed by atoms with Crippen molar-refractivity contribution in [2.75, 3.05) is 0 Å². The highest BCUT2D eigenvalue weighted by atomic mass is 35.5. The fraction of sp³-hybridized carbons (Fsp3) is 0.333. The van der Waals surface area contributed by atoms with Crippen LogP contribution in [0.5, 0.6) is 0 Å². The van der Waals surface area contributed by atoms with E-state index in [-0.39, 0.29) is 0 Å². The van der Waals surface area contributed by atoms with Crippen LogP contribution in [-0.2, 0) is 13.1 Å². The number of hydrogen-bond donors (Lipinski definition) is 1. The highest BCUT2D eigenvalue weighted by Crippen LogP contribution is 2.24. The van der Waals surface area contributed by atoms with Crippen LogP contribution in [0.15, 0.2) is 24.4 Å². The van der Waals surface area contributed by atoms with Crippen molar-refractivity contribution >= 4 is 22.5 Å². The van der Waals surface area contributed by atoms with Crippen molar-refractivity contribution in [3.8, 4) is 0 Å². The highest BCUT2D eigenvalue weighted by molar-refractivity contribution is 6.31. The predicted molar refractivity (Wildman–Crippen MR) is 65.1 cm³/mol. The molecule has 80 valence electrons. The molecule has 0 fully saturated rings. The number of benzene rings is 1. The molecule has 3 heteroatoms. The zero-order valence-electron chi connectivity index (χ0n) is 8.83. The van der Waals surface area contributed by atoms with E-state index in [4.69, 9.17) is 17.3 Å². The summed E-state index contributed by atoms with van der Waals surface area (Å²) in [7, 11) is 0. The van der Waals surface area contributed by atoms with E-state index in [1.54, 1.807) is 0 Å². The summed E-state index contributed by atoms with van der Waals surface area (Å²) in [6.07, 6.45) is 3.24. The topological polar surface area (TPSA) is 30.9 Å². The molecule has 1 aromatic heterocycles. The van der Waals surface area contributed by atoms with Crippen LogP contribution in [-0.4, -0.2) is 4.57 Å². The molecule has 0 atom stereocenters. The summed E-state index contributed by atoms with van der Waals surface area (Å²) in [6.45, 7) is 3.75. The Morgan fingerprint density at radius 1 is 1.40 bits per heavy atom. The Balaban J connectivity index is 2.64. The molecule has 0 aliphatic rings. The fourth-order valence-corrected chi connectivity index (χ4v) is 2.10. The van der Waals surface area contributed by atoms with E-state index in [2.05, 4.69) is 17.7 Å². The molecule has 0 aliphatic carbocycles. The second-order valence-corrected chi connectivity index (χ2v) is 4.15. The lowest BCUT2D eigenvalue weighted by molar-refractivity contribution is 0.701. The lowest BCUT2D eigenvalue weighted by Crippen LogP contribution is -1.96. The van der Waals surface area contributed by atoms with Gasteiger partial charge in [-0.3, -0.25) is 0 Å². The van der Waals surface area contributed by atoms with E-state index in [1.807, 2.05) is 18.2 Å². The van der Waals surface area contributed by atoms with Gasteiger partial charge in [-0.25, -0.2) is 0 Å². The van der Waals surface area contributed by atoms with Crippen molar-refractivity contribution in [3.05, 3.63) is 35.0 Å². The molecule has 15 heavy (non-hydrogen) atoms. The Morgan fingerprint density at radius 3 is 2.87 bits per heavy atom. The quantitative estimate of drug-likeness (QED) is 0.850. The van der Waals surface area contributed by atoms with E-state index < -0.39 is 0 Å². The molecule has 2 nitrogen and oxygen atoms in total. The number of fused-ring (bicyclic) bond motifs is 1. The summed E-state index contributed by atoms with van der Waals surface area (Å²) >= 11 is 6.00. The number of rotatable bonds is 3. The maximum absolute atomic E-state index is 6.00. The van der Waals surface area contributed by atoms with Crippen LogP contribution in [0.25, 0.3) is 10.9 Å². The van der Waals surface area contributed by atoms with E-state index in [9.17, 15) is 0 Å². The molecule has 2 aromatic rings. The van der Waals surface area contributed by atoms with Crippen LogP contribution in [0, 0.1) is 0 Å². The molecule has 1 aromatic carbocycles. The minimum atomic E-state index is 0.578. The summed E-state index contributed by atoms with van der Waals surface area (Å²) in [6, 6.07) is 5.97. The van der Waals surface area contributed by atoms with E-state index in [0.29, 0.717) is 6.54 Å². The molecule has 0 spiro atoms. The third kappa shape index (κ3) is 1.87. The molecule has 0 saturated heterocycles. The maximum atomic E-state index is 6.00. The molecule has 1 heterocycles. The third-order valence-corrected chi connectivity index (χ3v) is 2.85. The van der Waals surface area contributed by atoms with Crippen molar-refractivity contribution in [1.29, 1.82) is 0 Å². The average molecular weight is 223 g/mol. The molecule has 0 saturated carbocycles. The average Bonchev–Trinajstić information content (AvgIpc) is 2.57. The Morgan fingerprint density at radius 2 is 2.20 bits per heavy atom. The molecule has 0 bridgehead atoms. The monoisotopic (exact) mass is 222 g/mol. The molecule has 0 unspecified atom stereocenters. The van der Waals surface area contributed by atoms with Crippen LogP contribution in [0.3, 0.4) is 0 Å². The molecule has 0 aliphatic heterocycles. The second-order valence-electron chi connectivity index (χ2n) is 3.71. The summed E-state index contributed by atoms with van der Waals surface area (Å²) in [5, 5.41) is 2.00. The SMILES string of the molecule is CCCn1cc(CN)c2ccc(Cl)cc21. The summed E-state index contributed by atoms with van der Waals surface area (Å²) in [5.74, 6) is 0. The largest absolute Gasteiger partial charge is 0.347 e. The van der Waals surface area contributed by atoms with Crippen LogP contribution in [0.2, 0.25) is 5.02 Å². The normalized spacial score (nSPS) is 11.1. The molecule has 0 radical (unpaired) electrons. The van der Waals surface area contributed by atoms with Gasteiger partial charge in [0.1, 0.15) is 0 Å². The molecular formula is C12H15ClN2. The van der Waals surface area contributed by atoms with Crippen molar-refractivity contribution < 1.29 is 0 Å². The molecule has 2 N–H and O–H groups in total. The number of aromatic nitrogens is 1. The Labute approximate surface area is 94.6 Å². The molecule has 2 rings (SSSR count). The minimum absolute atomic E-state index is 0.578. The first-order valence-electron chi connectivity index (χ1n) is 5.23. The molecular weight excluding hydrogens is 208 g/mol. The van der Waals surface area contributed by atoms with Gasteiger partial charge in [-0.2, -0.15) is 0 Å². The summed E-state index contributed by atoms with van der Waals surface area (Å²) in [4.78, 5) is 0.